The van der Waals surface area contributed by atoms with E-state index in [4.69, 9.17) is 9.11 Å². The predicted molar refractivity (Wildman–Crippen MR) is 140 cm³/mol. The first-order valence-corrected chi connectivity index (χ1v) is 14.8. The van der Waals surface area contributed by atoms with E-state index >= 15 is 0 Å². The molecular formula is C22H36O6P2S2. The first-order chi connectivity index (χ1) is 14.9. The third kappa shape index (κ3) is 15.8. The van der Waals surface area contributed by atoms with Crippen LogP contribution in [0.1, 0.15) is 50.7 Å². The van der Waals surface area contributed by atoms with Gasteiger partial charge in [-0.05, 0) is 36.8 Å². The number of aryl methyl sites for hydroxylation is 2. The smallest absolute Gasteiger partial charge is 0.271 e. The van der Waals surface area contributed by atoms with Crippen LogP contribution in [-0.2, 0) is 33.1 Å². The number of unbranched alkanes of at least 4 members (excludes halogenated alkanes) is 1. The zero-order chi connectivity index (χ0) is 24.6. The number of rotatable bonds is 9. The van der Waals surface area contributed by atoms with Crippen molar-refractivity contribution in [2.45, 2.75) is 62.4 Å². The molecule has 6 nitrogen and oxygen atoms in total. The third-order valence-corrected chi connectivity index (χ3v) is 9.12. The fourth-order valence-electron chi connectivity index (χ4n) is 2.21. The summed E-state index contributed by atoms with van der Waals surface area (Å²) in [6, 6.07) is 19.2. The Morgan fingerprint density at radius 3 is 1.16 bits per heavy atom. The standard InChI is InChI=1S/2C9H13O3PS.C4H10/c2*10-14(11,12)9(13)7-6-8-4-2-1-3-5-8;1-3-4-2/h2*1-5,9H,6-7,13H2,(H,10,11,12);3-4H2,1-2H3. The average molecular weight is 523 g/mol. The van der Waals surface area contributed by atoms with Crippen LogP contribution in [0.25, 0.3) is 0 Å². The van der Waals surface area contributed by atoms with E-state index in [1.165, 1.54) is 12.8 Å². The monoisotopic (exact) mass is 522 g/mol. The molecule has 0 saturated carbocycles. The van der Waals surface area contributed by atoms with E-state index in [2.05, 4.69) is 32.3 Å². The Labute approximate surface area is 198 Å². The molecule has 0 radical (unpaired) electrons. The summed E-state index contributed by atoms with van der Waals surface area (Å²) in [5.41, 5.74) is 2.15. The minimum absolute atomic E-state index is 0.410. The van der Waals surface area contributed by atoms with Crippen molar-refractivity contribution in [2.24, 2.45) is 0 Å². The van der Waals surface area contributed by atoms with Crippen molar-refractivity contribution in [3.8, 4) is 0 Å². The van der Waals surface area contributed by atoms with Crippen molar-refractivity contribution in [3.05, 3.63) is 71.8 Å². The average Bonchev–Trinajstić information content (AvgIpc) is 2.76. The van der Waals surface area contributed by atoms with Crippen LogP contribution in [-0.4, -0.2) is 35.9 Å². The fourth-order valence-corrected chi connectivity index (χ4v) is 3.37. The lowest BCUT2D eigenvalue weighted by Gasteiger charge is -2.07. The molecule has 0 spiro atoms. The van der Waals surface area contributed by atoms with E-state index in [9.17, 15) is 16.8 Å². The lowest BCUT2D eigenvalue weighted by molar-refractivity contribution is 0.475. The molecule has 0 aromatic heterocycles. The highest BCUT2D eigenvalue weighted by atomic mass is 32.2. The van der Waals surface area contributed by atoms with Crippen molar-refractivity contribution in [1.82, 2.24) is 0 Å². The summed E-state index contributed by atoms with van der Waals surface area (Å²) in [6.07, 6.45) is 4.75. The molecule has 2 rings (SSSR count). The Morgan fingerprint density at radius 1 is 0.656 bits per heavy atom. The highest BCUT2D eigenvalue weighted by Crippen LogP contribution is 2.16. The van der Waals surface area contributed by atoms with E-state index in [1.54, 1.807) is 0 Å². The SMILES string of the molecule is CCCC.O=S(=O)(O)C(P)CCc1ccccc1.O=S(=O)(O)C(P)CCc1ccccc1. The van der Waals surface area contributed by atoms with Crippen LogP contribution < -0.4 is 0 Å². The van der Waals surface area contributed by atoms with Crippen LogP contribution >= 0.6 is 18.5 Å². The third-order valence-electron chi connectivity index (χ3n) is 4.39. The van der Waals surface area contributed by atoms with Gasteiger partial charge in [0.2, 0.25) is 0 Å². The Hall–Kier alpha value is -0.880. The van der Waals surface area contributed by atoms with Gasteiger partial charge in [-0.1, -0.05) is 87.4 Å². The van der Waals surface area contributed by atoms with Gasteiger partial charge >= 0.3 is 0 Å². The normalized spacial score (nSPS) is 13.1. The van der Waals surface area contributed by atoms with Crippen LogP contribution in [0.2, 0.25) is 0 Å². The minimum Gasteiger partial charge on any atom is -0.285 e. The second-order valence-electron chi connectivity index (χ2n) is 7.16. The second-order valence-corrected chi connectivity index (χ2v) is 13.0. The van der Waals surface area contributed by atoms with Gasteiger partial charge in [-0.15, -0.1) is 18.5 Å². The Kier molecular flexibility index (Phi) is 16.2. The summed E-state index contributed by atoms with van der Waals surface area (Å²) in [6.45, 7) is 4.36. The molecule has 0 amide bonds. The van der Waals surface area contributed by atoms with Crippen LogP contribution in [0.4, 0.5) is 0 Å². The molecule has 4 unspecified atom stereocenters. The van der Waals surface area contributed by atoms with Crippen molar-refractivity contribution in [1.29, 1.82) is 0 Å². The van der Waals surface area contributed by atoms with Gasteiger partial charge in [-0.2, -0.15) is 16.8 Å². The molecule has 10 heteroatoms. The van der Waals surface area contributed by atoms with Gasteiger partial charge in [0.05, 0.1) is 0 Å². The zero-order valence-corrected chi connectivity index (χ0v) is 22.6. The predicted octanol–water partition coefficient (Wildman–Crippen LogP) is 5.22. The highest BCUT2D eigenvalue weighted by molar-refractivity contribution is 7.90. The van der Waals surface area contributed by atoms with Gasteiger partial charge in [0.25, 0.3) is 20.2 Å². The van der Waals surface area contributed by atoms with Gasteiger partial charge in [-0.3, -0.25) is 9.11 Å². The number of hydrogen-bond acceptors (Lipinski definition) is 4. The summed E-state index contributed by atoms with van der Waals surface area (Å²) < 4.78 is 60.2. The molecule has 182 valence electrons. The first-order valence-electron chi connectivity index (χ1n) is 10.4. The lowest BCUT2D eigenvalue weighted by atomic mass is 10.1. The molecule has 32 heavy (non-hydrogen) atoms. The van der Waals surface area contributed by atoms with E-state index < -0.39 is 30.2 Å². The summed E-state index contributed by atoms with van der Waals surface area (Å²) in [7, 11) is -3.55. The molecule has 4 atom stereocenters. The largest absolute Gasteiger partial charge is 0.285 e. The Morgan fingerprint density at radius 2 is 0.938 bits per heavy atom. The van der Waals surface area contributed by atoms with Gasteiger partial charge in [0.1, 0.15) is 9.98 Å². The molecule has 2 aromatic rings. The van der Waals surface area contributed by atoms with Gasteiger partial charge in [0, 0.05) is 0 Å². The molecule has 0 aliphatic heterocycles. The quantitative estimate of drug-likeness (QED) is 0.345. The highest BCUT2D eigenvalue weighted by Gasteiger charge is 2.17. The van der Waals surface area contributed by atoms with Crippen molar-refractivity contribution in [3.63, 3.8) is 0 Å². The second kappa shape index (κ2) is 16.7. The van der Waals surface area contributed by atoms with Crippen molar-refractivity contribution < 1.29 is 25.9 Å². The van der Waals surface area contributed by atoms with E-state index in [1.807, 2.05) is 60.7 Å². The molecule has 0 heterocycles. The summed E-state index contributed by atoms with van der Waals surface area (Å²) >= 11 is 0. The molecule has 0 saturated heterocycles. The first kappa shape index (κ1) is 31.1. The van der Waals surface area contributed by atoms with Crippen LogP contribution in [0.5, 0.6) is 0 Å². The zero-order valence-electron chi connectivity index (χ0n) is 18.7. The number of benzene rings is 2. The van der Waals surface area contributed by atoms with Crippen molar-refractivity contribution in [2.75, 3.05) is 0 Å². The maximum absolute atomic E-state index is 10.7. The summed E-state index contributed by atoms with van der Waals surface area (Å²) in [4.78, 5) is -1.55. The molecule has 0 fully saturated rings. The molecule has 0 aliphatic carbocycles. The maximum atomic E-state index is 10.7. The summed E-state index contributed by atoms with van der Waals surface area (Å²) in [5.74, 6) is 0. The molecular weight excluding hydrogens is 486 g/mol. The van der Waals surface area contributed by atoms with Gasteiger partial charge in [-0.25, -0.2) is 0 Å². The van der Waals surface area contributed by atoms with Crippen LogP contribution in [0, 0.1) is 0 Å². The lowest BCUT2D eigenvalue weighted by Crippen LogP contribution is -2.13. The van der Waals surface area contributed by atoms with Crippen LogP contribution in [0.15, 0.2) is 60.7 Å². The minimum atomic E-state index is -3.91. The Bertz CT molecular complexity index is 857. The van der Waals surface area contributed by atoms with Crippen LogP contribution in [0.3, 0.4) is 0 Å². The van der Waals surface area contributed by atoms with Gasteiger partial charge < -0.3 is 0 Å². The van der Waals surface area contributed by atoms with E-state index in [0.29, 0.717) is 25.7 Å². The van der Waals surface area contributed by atoms with Crippen molar-refractivity contribution >= 4 is 38.7 Å². The topological polar surface area (TPSA) is 109 Å². The maximum Gasteiger partial charge on any atom is 0.271 e. The molecule has 0 aliphatic rings. The molecule has 0 bridgehead atoms. The van der Waals surface area contributed by atoms with E-state index in [0.717, 1.165) is 11.1 Å². The number of hydrogen-bond donors (Lipinski definition) is 2. The molecule has 2 aromatic carbocycles. The summed E-state index contributed by atoms with van der Waals surface area (Å²) in [5, 5.41) is 0. The Balaban J connectivity index is 0.000000515. The molecule has 2 N–H and O–H groups in total. The fraction of sp³-hybridized carbons (Fsp3) is 0.455. The van der Waals surface area contributed by atoms with Gasteiger partial charge in [0.15, 0.2) is 0 Å². The van der Waals surface area contributed by atoms with E-state index in [-0.39, 0.29) is 0 Å².